The Kier molecular flexibility index (Phi) is 5.78. The van der Waals surface area contributed by atoms with Gasteiger partial charge in [0.1, 0.15) is 0 Å². The van der Waals surface area contributed by atoms with Crippen LogP contribution in [0.1, 0.15) is 23.7 Å². The fourth-order valence-corrected chi connectivity index (χ4v) is 4.98. The van der Waals surface area contributed by atoms with Gasteiger partial charge in [0, 0.05) is 48.7 Å². The van der Waals surface area contributed by atoms with Gasteiger partial charge in [0.15, 0.2) is 0 Å². The number of ether oxygens (including phenoxy) is 1. The molecule has 0 unspecified atom stereocenters. The predicted molar refractivity (Wildman–Crippen MR) is 121 cm³/mol. The Morgan fingerprint density at radius 1 is 1.28 bits per heavy atom. The van der Waals surface area contributed by atoms with E-state index in [2.05, 4.69) is 15.4 Å². The number of hydrogen-bond donors (Lipinski definition) is 2. The molecule has 3 aromatic rings. The van der Waals surface area contributed by atoms with Crippen LogP contribution in [0, 0.1) is 5.92 Å². The van der Waals surface area contributed by atoms with E-state index in [1.165, 1.54) is 16.8 Å². The molecule has 170 valence electrons. The lowest BCUT2D eigenvalue weighted by Crippen LogP contribution is -2.32. The number of rotatable bonds is 7. The van der Waals surface area contributed by atoms with Gasteiger partial charge in [-0.25, -0.2) is 17.9 Å². The van der Waals surface area contributed by atoms with Gasteiger partial charge in [0.2, 0.25) is 15.9 Å². The highest BCUT2D eigenvalue weighted by molar-refractivity contribution is 7.88. The van der Waals surface area contributed by atoms with Gasteiger partial charge in [-0.05, 0) is 18.1 Å². The zero-order chi connectivity index (χ0) is 23.0. The van der Waals surface area contributed by atoms with Crippen molar-refractivity contribution in [2.45, 2.75) is 19.4 Å². The maximum atomic E-state index is 12.2. The summed E-state index contributed by atoms with van der Waals surface area (Å²) in [6.45, 7) is 2.78. The highest BCUT2D eigenvalue weighted by Crippen LogP contribution is 2.32. The van der Waals surface area contributed by atoms with Crippen molar-refractivity contribution in [1.29, 1.82) is 0 Å². The Hall–Kier alpha value is -3.18. The summed E-state index contributed by atoms with van der Waals surface area (Å²) < 4.78 is 32.4. The largest absolute Gasteiger partial charge is 0.481 e. The van der Waals surface area contributed by atoms with Crippen molar-refractivity contribution >= 4 is 27.1 Å². The van der Waals surface area contributed by atoms with Crippen LogP contribution in [0.5, 0.6) is 5.88 Å². The van der Waals surface area contributed by atoms with Crippen molar-refractivity contribution in [2.75, 3.05) is 31.8 Å². The Labute approximate surface area is 186 Å². The van der Waals surface area contributed by atoms with Gasteiger partial charge >= 0.3 is 0 Å². The summed E-state index contributed by atoms with van der Waals surface area (Å²) in [6, 6.07) is 5.38. The molecule has 1 aliphatic rings. The molecule has 3 aromatic heterocycles. The molecular weight excluding hydrogens is 432 g/mol. The molecule has 1 saturated heterocycles. The van der Waals surface area contributed by atoms with Gasteiger partial charge in [-0.15, -0.1) is 0 Å². The number of sulfonamides is 1. The third-order valence-corrected chi connectivity index (χ3v) is 7.15. The molecule has 32 heavy (non-hydrogen) atoms. The van der Waals surface area contributed by atoms with Gasteiger partial charge < -0.3 is 15.8 Å². The summed E-state index contributed by atoms with van der Waals surface area (Å²) in [5.74, 6) is -0.00227. The SMILES string of the molecule is CC[C@@H]1CN(S(C)(=O)=O)C[C@H]1Nc1c(C(N)=O)cnn2cc(-c3ccc(OC)nc3)cc12. The number of amides is 1. The molecule has 1 aliphatic heterocycles. The molecule has 4 rings (SSSR count). The Bertz CT molecular complexity index is 1260. The lowest BCUT2D eigenvalue weighted by atomic mass is 10.00. The van der Waals surface area contributed by atoms with Gasteiger partial charge in [0.05, 0.1) is 36.3 Å². The van der Waals surface area contributed by atoms with Crippen LogP contribution in [0.3, 0.4) is 0 Å². The molecule has 0 saturated carbocycles. The highest BCUT2D eigenvalue weighted by atomic mass is 32.2. The number of methoxy groups -OCH3 is 1. The zero-order valence-corrected chi connectivity index (χ0v) is 19.0. The number of primary amides is 1. The minimum Gasteiger partial charge on any atom is -0.481 e. The number of nitrogens with one attached hydrogen (secondary N) is 1. The number of carbonyl (C=O) groups excluding carboxylic acids is 1. The first-order chi connectivity index (χ1) is 15.2. The van der Waals surface area contributed by atoms with Crippen molar-refractivity contribution in [3.05, 3.63) is 42.4 Å². The summed E-state index contributed by atoms with van der Waals surface area (Å²) in [5, 5.41) is 7.75. The van der Waals surface area contributed by atoms with Gasteiger partial charge in [-0.3, -0.25) is 4.79 Å². The number of carbonyl (C=O) groups is 1. The average molecular weight is 459 g/mol. The molecule has 1 amide bonds. The van der Waals surface area contributed by atoms with Crippen LogP contribution in [0.15, 0.2) is 36.8 Å². The molecule has 3 N–H and O–H groups in total. The summed E-state index contributed by atoms with van der Waals surface area (Å²) in [7, 11) is -1.76. The maximum absolute atomic E-state index is 12.2. The van der Waals surface area contributed by atoms with Crippen LogP contribution in [0.25, 0.3) is 16.6 Å². The fourth-order valence-electron chi connectivity index (χ4n) is 4.09. The lowest BCUT2D eigenvalue weighted by Gasteiger charge is -2.21. The van der Waals surface area contributed by atoms with Gasteiger partial charge in [0.25, 0.3) is 5.91 Å². The van der Waals surface area contributed by atoms with Crippen molar-refractivity contribution in [3.63, 3.8) is 0 Å². The molecule has 0 aromatic carbocycles. The molecule has 0 radical (unpaired) electrons. The quantitative estimate of drug-likeness (QED) is 0.549. The second kappa shape index (κ2) is 8.40. The monoisotopic (exact) mass is 458 g/mol. The zero-order valence-electron chi connectivity index (χ0n) is 18.1. The Morgan fingerprint density at radius 3 is 2.66 bits per heavy atom. The fraction of sp³-hybridized carbons (Fsp3) is 0.381. The lowest BCUT2D eigenvalue weighted by molar-refractivity contribution is 0.100. The summed E-state index contributed by atoms with van der Waals surface area (Å²) >= 11 is 0. The minimum absolute atomic E-state index is 0.0962. The number of fused-ring (bicyclic) bond motifs is 1. The molecule has 0 spiro atoms. The van der Waals surface area contributed by atoms with Crippen LogP contribution < -0.4 is 15.8 Å². The first-order valence-corrected chi connectivity index (χ1v) is 12.1. The van der Waals surface area contributed by atoms with E-state index in [4.69, 9.17) is 10.5 Å². The topological polar surface area (TPSA) is 132 Å². The van der Waals surface area contributed by atoms with E-state index in [0.717, 1.165) is 17.5 Å². The average Bonchev–Trinajstić information content (AvgIpc) is 3.38. The number of pyridine rings is 1. The van der Waals surface area contributed by atoms with E-state index >= 15 is 0 Å². The van der Waals surface area contributed by atoms with Crippen molar-refractivity contribution in [1.82, 2.24) is 18.9 Å². The molecular formula is C21H26N6O4S. The Morgan fingerprint density at radius 2 is 2.06 bits per heavy atom. The van der Waals surface area contributed by atoms with E-state index in [0.29, 0.717) is 30.2 Å². The van der Waals surface area contributed by atoms with E-state index in [-0.39, 0.29) is 17.5 Å². The van der Waals surface area contributed by atoms with Crippen molar-refractivity contribution in [3.8, 4) is 17.0 Å². The van der Waals surface area contributed by atoms with E-state index in [1.807, 2.05) is 25.3 Å². The molecule has 1 fully saturated rings. The summed E-state index contributed by atoms with van der Waals surface area (Å²) in [4.78, 5) is 16.4. The summed E-state index contributed by atoms with van der Waals surface area (Å²) in [6.07, 6.45) is 6.97. The predicted octanol–water partition coefficient (Wildman–Crippen LogP) is 1.59. The number of nitrogens with two attached hydrogens (primary N) is 1. The smallest absolute Gasteiger partial charge is 0.252 e. The van der Waals surface area contributed by atoms with Crippen LogP contribution in [0.4, 0.5) is 5.69 Å². The second-order valence-corrected chi connectivity index (χ2v) is 9.93. The third kappa shape index (κ3) is 4.13. The molecule has 4 heterocycles. The molecule has 2 atom stereocenters. The normalized spacial score (nSPS) is 19.3. The third-order valence-electron chi connectivity index (χ3n) is 5.91. The molecule has 0 aliphatic carbocycles. The van der Waals surface area contributed by atoms with Crippen molar-refractivity contribution in [2.24, 2.45) is 11.7 Å². The van der Waals surface area contributed by atoms with Gasteiger partial charge in [-0.2, -0.15) is 9.40 Å². The standard InChI is InChI=1S/C21H26N6O4S/c1-4-13-10-26(32(3,29)30)12-17(13)25-20-16(21(22)28)9-24-27-11-15(7-18(20)27)14-5-6-19(31-2)23-8-14/h5-9,11,13,17,25H,4,10,12H2,1-3H3,(H2,22,28)/t13-,17-/m1/s1. The maximum Gasteiger partial charge on any atom is 0.252 e. The van der Waals surface area contributed by atoms with E-state index < -0.39 is 15.9 Å². The first kappa shape index (κ1) is 22.0. The number of anilines is 1. The van der Waals surface area contributed by atoms with Crippen LogP contribution in [-0.2, 0) is 10.0 Å². The Balaban J connectivity index is 1.75. The molecule has 11 heteroatoms. The molecule has 0 bridgehead atoms. The summed E-state index contributed by atoms with van der Waals surface area (Å²) in [5.41, 5.74) is 8.81. The van der Waals surface area contributed by atoms with Crippen LogP contribution in [-0.4, -0.2) is 65.7 Å². The van der Waals surface area contributed by atoms with E-state index in [1.54, 1.807) is 23.9 Å². The van der Waals surface area contributed by atoms with E-state index in [9.17, 15) is 13.2 Å². The van der Waals surface area contributed by atoms with Crippen LogP contribution >= 0.6 is 0 Å². The number of aromatic nitrogens is 3. The van der Waals surface area contributed by atoms with Crippen molar-refractivity contribution < 1.29 is 17.9 Å². The first-order valence-electron chi connectivity index (χ1n) is 10.2. The van der Waals surface area contributed by atoms with Gasteiger partial charge in [-0.1, -0.05) is 13.3 Å². The van der Waals surface area contributed by atoms with Crippen LogP contribution in [0.2, 0.25) is 0 Å². The highest BCUT2D eigenvalue weighted by Gasteiger charge is 2.36. The minimum atomic E-state index is -3.31. The number of nitrogens with zero attached hydrogens (tertiary/aromatic N) is 4. The second-order valence-electron chi connectivity index (χ2n) is 7.94. The number of hydrogen-bond acceptors (Lipinski definition) is 7. The molecule has 10 nitrogen and oxygen atoms in total.